The molecule has 3 aliphatic heterocycles. The summed E-state index contributed by atoms with van der Waals surface area (Å²) in [5.41, 5.74) is 1.60. The molecule has 1 unspecified atom stereocenters. The lowest BCUT2D eigenvalue weighted by molar-refractivity contribution is 0.0296. The van der Waals surface area contributed by atoms with Crippen LogP contribution in [-0.4, -0.2) is 35.8 Å². The average Bonchev–Trinajstić information content (AvgIpc) is 3.13. The predicted molar refractivity (Wildman–Crippen MR) is 99.9 cm³/mol. The summed E-state index contributed by atoms with van der Waals surface area (Å²) in [5, 5.41) is 3.20. The summed E-state index contributed by atoms with van der Waals surface area (Å²) < 4.78 is 0. The van der Waals surface area contributed by atoms with Crippen LogP contribution in [0.15, 0.2) is 36.4 Å². The van der Waals surface area contributed by atoms with E-state index in [-0.39, 0.29) is 17.9 Å². The van der Waals surface area contributed by atoms with Gasteiger partial charge in [0.1, 0.15) is 0 Å². The number of nitrogens with zero attached hydrogens (tertiary/aromatic N) is 1. The van der Waals surface area contributed by atoms with Crippen LogP contribution >= 0.6 is 11.3 Å². The highest BCUT2D eigenvalue weighted by Crippen LogP contribution is 2.33. The Labute approximate surface area is 151 Å². The van der Waals surface area contributed by atoms with E-state index in [0.29, 0.717) is 10.4 Å². The van der Waals surface area contributed by atoms with Crippen molar-refractivity contribution in [2.75, 3.05) is 13.1 Å². The third-order valence-electron chi connectivity index (χ3n) is 5.35. The molecule has 5 rings (SSSR count). The topological polar surface area (TPSA) is 49.4 Å². The molecule has 2 aromatic rings. The molecule has 3 aliphatic rings. The fourth-order valence-electron chi connectivity index (χ4n) is 3.95. The number of piperidine rings is 3. The van der Waals surface area contributed by atoms with E-state index in [0.717, 1.165) is 35.9 Å². The number of ketones is 1. The van der Waals surface area contributed by atoms with E-state index >= 15 is 0 Å². The molecule has 0 saturated carbocycles. The van der Waals surface area contributed by atoms with Crippen molar-refractivity contribution in [3.8, 4) is 10.4 Å². The smallest absolute Gasteiger partial charge is 0.262 e. The van der Waals surface area contributed by atoms with E-state index in [1.54, 1.807) is 6.92 Å². The van der Waals surface area contributed by atoms with Gasteiger partial charge in [-0.3, -0.25) is 14.5 Å². The zero-order valence-corrected chi connectivity index (χ0v) is 15.1. The number of carbonyl (C=O) groups is 2. The molecule has 130 valence electrons. The minimum atomic E-state index is -0.00546. The Hall–Kier alpha value is -1.98. The first-order valence-electron chi connectivity index (χ1n) is 8.87. The second kappa shape index (κ2) is 6.73. The number of hydrogen-bond acceptors (Lipinski definition) is 4. The zero-order valence-electron chi connectivity index (χ0n) is 14.3. The number of hydrogen-bond donors (Lipinski definition) is 1. The summed E-state index contributed by atoms with van der Waals surface area (Å²) in [6, 6.07) is 11.4. The molecule has 3 saturated heterocycles. The Morgan fingerprint density at radius 2 is 1.88 bits per heavy atom. The molecule has 0 spiro atoms. The molecule has 25 heavy (non-hydrogen) atoms. The molecule has 0 radical (unpaired) electrons. The highest BCUT2D eigenvalue weighted by atomic mass is 32.1. The molecule has 1 amide bonds. The maximum absolute atomic E-state index is 12.7. The molecule has 1 atom stereocenters. The average molecular weight is 354 g/mol. The van der Waals surface area contributed by atoms with Crippen molar-refractivity contribution >= 4 is 23.0 Å². The first-order chi connectivity index (χ1) is 12.1. The van der Waals surface area contributed by atoms with Gasteiger partial charge in [-0.2, -0.15) is 0 Å². The van der Waals surface area contributed by atoms with E-state index < -0.39 is 0 Å². The van der Waals surface area contributed by atoms with E-state index in [9.17, 15) is 9.59 Å². The maximum atomic E-state index is 12.7. The molecular formula is C20H22N2O2S. The number of fused-ring (bicyclic) bond motifs is 3. The van der Waals surface area contributed by atoms with Crippen molar-refractivity contribution < 1.29 is 9.59 Å². The Balaban J connectivity index is 1.51. The predicted octanol–water partition coefficient (Wildman–Crippen LogP) is 3.79. The number of carbonyl (C=O) groups excluding carboxylic acids is 2. The quantitative estimate of drug-likeness (QED) is 0.850. The highest BCUT2D eigenvalue weighted by Gasteiger charge is 2.34. The number of benzene rings is 1. The van der Waals surface area contributed by atoms with E-state index in [4.69, 9.17) is 0 Å². The third-order valence-corrected chi connectivity index (χ3v) is 6.46. The number of thiophene rings is 1. The van der Waals surface area contributed by atoms with E-state index in [2.05, 4.69) is 10.2 Å². The second-order valence-corrected chi connectivity index (χ2v) is 8.05. The van der Waals surface area contributed by atoms with Gasteiger partial charge in [0.05, 0.1) is 11.0 Å². The normalized spacial score (nSPS) is 24.9. The zero-order chi connectivity index (χ0) is 17.4. The number of nitrogens with one attached hydrogen (secondary N) is 1. The van der Waals surface area contributed by atoms with Gasteiger partial charge in [-0.25, -0.2) is 0 Å². The van der Waals surface area contributed by atoms with Gasteiger partial charge in [-0.1, -0.05) is 24.3 Å². The first kappa shape index (κ1) is 16.5. The van der Waals surface area contributed by atoms with Crippen molar-refractivity contribution in [3.05, 3.63) is 46.8 Å². The summed E-state index contributed by atoms with van der Waals surface area (Å²) in [6.07, 6.45) is 3.77. The van der Waals surface area contributed by atoms with Crippen molar-refractivity contribution in [1.29, 1.82) is 0 Å². The first-order valence-corrected chi connectivity index (χ1v) is 9.68. The van der Waals surface area contributed by atoms with Gasteiger partial charge in [0.25, 0.3) is 5.91 Å². The van der Waals surface area contributed by atoms with Crippen LogP contribution < -0.4 is 5.32 Å². The van der Waals surface area contributed by atoms with E-state index in [1.165, 1.54) is 24.2 Å². The van der Waals surface area contributed by atoms with Gasteiger partial charge in [-0.05, 0) is 44.2 Å². The van der Waals surface area contributed by atoms with Crippen LogP contribution in [0, 0.1) is 5.92 Å². The molecule has 1 aromatic carbocycles. The summed E-state index contributed by atoms with van der Waals surface area (Å²) in [5.74, 6) is 0.798. The molecule has 4 heterocycles. The van der Waals surface area contributed by atoms with Gasteiger partial charge in [-0.15, -0.1) is 11.3 Å². The van der Waals surface area contributed by atoms with Crippen molar-refractivity contribution in [1.82, 2.24) is 10.2 Å². The van der Waals surface area contributed by atoms with Crippen LogP contribution in [0.3, 0.4) is 0 Å². The number of rotatable bonds is 4. The summed E-state index contributed by atoms with van der Waals surface area (Å²) in [4.78, 5) is 28.5. The Kier molecular flexibility index (Phi) is 4.44. The fraction of sp³-hybridized carbons (Fsp3) is 0.400. The van der Waals surface area contributed by atoms with Gasteiger partial charge in [0, 0.05) is 29.1 Å². The lowest BCUT2D eigenvalue weighted by Gasteiger charge is -2.45. The largest absolute Gasteiger partial charge is 0.336 e. The SMILES string of the molecule is CC(=O)c1ccccc1-c1ccc(C(=O)NC2CC3CCN2CC3)s1. The van der Waals surface area contributed by atoms with Crippen molar-refractivity contribution in [2.45, 2.75) is 32.4 Å². The maximum Gasteiger partial charge on any atom is 0.262 e. The van der Waals surface area contributed by atoms with Crippen molar-refractivity contribution in [2.24, 2.45) is 5.92 Å². The van der Waals surface area contributed by atoms with Gasteiger partial charge in [0.2, 0.25) is 0 Å². The summed E-state index contributed by atoms with van der Waals surface area (Å²) in [6.45, 7) is 3.77. The molecule has 1 N–H and O–H groups in total. The molecular weight excluding hydrogens is 332 g/mol. The fourth-order valence-corrected chi connectivity index (χ4v) is 4.90. The molecule has 3 fully saturated rings. The Morgan fingerprint density at radius 3 is 2.56 bits per heavy atom. The third kappa shape index (κ3) is 3.26. The lowest BCUT2D eigenvalue weighted by Crippen LogP contribution is -2.56. The monoisotopic (exact) mass is 354 g/mol. The highest BCUT2D eigenvalue weighted by molar-refractivity contribution is 7.17. The minimum absolute atomic E-state index is 0.00546. The molecule has 5 heteroatoms. The van der Waals surface area contributed by atoms with Crippen LogP contribution in [0.1, 0.15) is 46.2 Å². The minimum Gasteiger partial charge on any atom is -0.336 e. The van der Waals surface area contributed by atoms with Crippen LogP contribution in [-0.2, 0) is 0 Å². The van der Waals surface area contributed by atoms with Crippen molar-refractivity contribution in [3.63, 3.8) is 0 Å². The lowest BCUT2D eigenvalue weighted by atomic mass is 9.86. The standard InChI is InChI=1S/C20H22N2O2S/c1-13(23)15-4-2-3-5-16(15)17-6-7-18(25-17)20(24)21-19-12-14-8-10-22(19)11-9-14/h2-7,14,19H,8-12H2,1H3,(H,21,24). The summed E-state index contributed by atoms with van der Waals surface area (Å²) in [7, 11) is 0. The van der Waals surface area contributed by atoms with Gasteiger partial charge < -0.3 is 5.32 Å². The van der Waals surface area contributed by atoms with Crippen LogP contribution in [0.5, 0.6) is 0 Å². The molecule has 2 bridgehead atoms. The Morgan fingerprint density at radius 1 is 1.12 bits per heavy atom. The number of amides is 1. The van der Waals surface area contributed by atoms with Gasteiger partial charge >= 0.3 is 0 Å². The summed E-state index contributed by atoms with van der Waals surface area (Å²) >= 11 is 1.45. The Bertz CT molecular complexity index is 806. The molecule has 1 aromatic heterocycles. The van der Waals surface area contributed by atoms with Gasteiger partial charge in [0.15, 0.2) is 5.78 Å². The molecule has 4 nitrogen and oxygen atoms in total. The van der Waals surface area contributed by atoms with Crippen LogP contribution in [0.4, 0.5) is 0 Å². The second-order valence-electron chi connectivity index (χ2n) is 6.97. The van der Waals surface area contributed by atoms with E-state index in [1.807, 2.05) is 36.4 Å². The number of Topliss-reactive ketones (excluding diaryl/α,β-unsaturated/α-hetero) is 1. The van der Waals surface area contributed by atoms with Crippen LogP contribution in [0.2, 0.25) is 0 Å². The van der Waals surface area contributed by atoms with Crippen LogP contribution in [0.25, 0.3) is 10.4 Å². The molecule has 0 aliphatic carbocycles.